The van der Waals surface area contributed by atoms with Crippen molar-refractivity contribution in [3.05, 3.63) is 115 Å². The van der Waals surface area contributed by atoms with Crippen molar-refractivity contribution in [3.63, 3.8) is 0 Å². The maximum absolute atomic E-state index is 11.9. The number of carbonyl (C=O) groups excluding carboxylic acids is 1. The summed E-state index contributed by atoms with van der Waals surface area (Å²) in [5.41, 5.74) is 3.16. The van der Waals surface area contributed by atoms with Crippen LogP contribution in [0.25, 0.3) is 11.1 Å². The number of benzene rings is 3. The van der Waals surface area contributed by atoms with Crippen LogP contribution in [0.2, 0.25) is 0 Å². The van der Waals surface area contributed by atoms with Gasteiger partial charge in [0, 0.05) is 17.3 Å². The van der Waals surface area contributed by atoms with Crippen LogP contribution in [0.3, 0.4) is 0 Å². The summed E-state index contributed by atoms with van der Waals surface area (Å²) >= 11 is 0. The fourth-order valence-electron chi connectivity index (χ4n) is 3.30. The average molecular weight is 422 g/mol. The van der Waals surface area contributed by atoms with Gasteiger partial charge in [0.1, 0.15) is 17.8 Å². The second-order valence-electron chi connectivity index (χ2n) is 7.10. The number of hydrogen-bond acceptors (Lipinski definition) is 6. The number of hydrazine groups is 1. The first kappa shape index (κ1) is 21.0. The van der Waals surface area contributed by atoms with E-state index in [-0.39, 0.29) is 5.78 Å². The molecule has 0 saturated heterocycles. The molecule has 0 aliphatic rings. The van der Waals surface area contributed by atoms with Gasteiger partial charge in [-0.25, -0.2) is 15.8 Å². The number of allylic oxidation sites excluding steroid dienone is 1. The van der Waals surface area contributed by atoms with Gasteiger partial charge in [-0.1, -0.05) is 55.1 Å². The molecule has 0 bridgehead atoms. The van der Waals surface area contributed by atoms with Gasteiger partial charge >= 0.3 is 0 Å². The lowest BCUT2D eigenvalue weighted by Crippen LogP contribution is -2.31. The molecule has 158 valence electrons. The first-order valence-electron chi connectivity index (χ1n) is 10.1. The number of ketones is 1. The van der Waals surface area contributed by atoms with Gasteiger partial charge < -0.3 is 4.74 Å². The summed E-state index contributed by atoms with van der Waals surface area (Å²) in [5, 5.41) is 1.54. The van der Waals surface area contributed by atoms with Gasteiger partial charge in [0.25, 0.3) is 0 Å². The van der Waals surface area contributed by atoms with Gasteiger partial charge in [0.2, 0.25) is 0 Å². The molecule has 6 heteroatoms. The minimum atomic E-state index is -0.129. The Kier molecular flexibility index (Phi) is 6.34. The van der Waals surface area contributed by atoms with E-state index in [0.717, 1.165) is 28.2 Å². The van der Waals surface area contributed by atoms with Crippen LogP contribution >= 0.6 is 0 Å². The van der Waals surface area contributed by atoms with Crippen molar-refractivity contribution in [2.24, 2.45) is 5.84 Å². The lowest BCUT2D eigenvalue weighted by Gasteiger charge is -2.20. The number of nitrogens with two attached hydrogens (primary N) is 1. The van der Waals surface area contributed by atoms with Crippen LogP contribution < -0.4 is 15.6 Å². The van der Waals surface area contributed by atoms with Gasteiger partial charge in [-0.3, -0.25) is 9.80 Å². The molecule has 2 N–H and O–H groups in total. The second-order valence-corrected chi connectivity index (χ2v) is 7.10. The summed E-state index contributed by atoms with van der Waals surface area (Å²) < 4.78 is 5.86. The van der Waals surface area contributed by atoms with E-state index in [1.54, 1.807) is 23.3 Å². The first-order valence-corrected chi connectivity index (χ1v) is 10.1. The van der Waals surface area contributed by atoms with Gasteiger partial charge in [-0.15, -0.1) is 0 Å². The highest BCUT2D eigenvalue weighted by Gasteiger charge is 2.13. The third-order valence-electron chi connectivity index (χ3n) is 4.86. The first-order chi connectivity index (χ1) is 15.6. The lowest BCUT2D eigenvalue weighted by atomic mass is 10.1. The summed E-state index contributed by atoms with van der Waals surface area (Å²) in [4.78, 5) is 20.5. The third-order valence-corrected chi connectivity index (χ3v) is 4.86. The number of rotatable bonds is 8. The van der Waals surface area contributed by atoms with Crippen LogP contribution in [0.15, 0.2) is 104 Å². The van der Waals surface area contributed by atoms with Crippen molar-refractivity contribution in [2.45, 2.75) is 6.54 Å². The highest BCUT2D eigenvalue weighted by molar-refractivity contribution is 6.04. The quantitative estimate of drug-likeness (QED) is 0.182. The third kappa shape index (κ3) is 4.88. The van der Waals surface area contributed by atoms with E-state index in [4.69, 9.17) is 10.6 Å². The van der Waals surface area contributed by atoms with Crippen LogP contribution in [0.4, 0.5) is 5.82 Å². The molecule has 0 atom stereocenters. The summed E-state index contributed by atoms with van der Waals surface area (Å²) in [6.07, 6.45) is 4.49. The molecule has 4 rings (SSSR count). The van der Waals surface area contributed by atoms with Crippen LogP contribution in [-0.2, 0) is 6.54 Å². The van der Waals surface area contributed by atoms with E-state index < -0.39 is 0 Å². The number of hydrogen-bond donors (Lipinski definition) is 1. The maximum Gasteiger partial charge on any atom is 0.185 e. The Morgan fingerprint density at radius 3 is 2.50 bits per heavy atom. The summed E-state index contributed by atoms with van der Waals surface area (Å²) in [7, 11) is 0. The second kappa shape index (κ2) is 9.68. The molecule has 1 heterocycles. The van der Waals surface area contributed by atoms with Gasteiger partial charge in [0.05, 0.1) is 6.54 Å². The topological polar surface area (TPSA) is 81.3 Å². The largest absolute Gasteiger partial charge is 0.457 e. The minimum absolute atomic E-state index is 0.129. The van der Waals surface area contributed by atoms with Crippen molar-refractivity contribution in [3.8, 4) is 22.6 Å². The Balaban J connectivity index is 1.55. The molecule has 0 fully saturated rings. The van der Waals surface area contributed by atoms with Crippen molar-refractivity contribution in [1.82, 2.24) is 9.97 Å². The van der Waals surface area contributed by atoms with E-state index in [1.807, 2.05) is 66.7 Å². The molecule has 0 unspecified atom stereocenters. The number of para-hydroxylation sites is 1. The fourth-order valence-corrected chi connectivity index (χ4v) is 3.30. The number of carbonyl (C=O) groups is 1. The summed E-state index contributed by atoms with van der Waals surface area (Å²) in [5.74, 6) is 8.32. The van der Waals surface area contributed by atoms with E-state index >= 15 is 0 Å². The Bertz CT molecular complexity index is 1220. The molecule has 0 spiro atoms. The molecule has 6 nitrogen and oxygen atoms in total. The number of aromatic nitrogens is 2. The van der Waals surface area contributed by atoms with Gasteiger partial charge in [-0.2, -0.15) is 0 Å². The minimum Gasteiger partial charge on any atom is -0.457 e. The average Bonchev–Trinajstić information content (AvgIpc) is 2.85. The monoisotopic (exact) mass is 422 g/mol. The molecular weight excluding hydrogens is 400 g/mol. The van der Waals surface area contributed by atoms with Crippen molar-refractivity contribution in [2.75, 3.05) is 5.01 Å². The Hall–Kier alpha value is -4.29. The smallest absolute Gasteiger partial charge is 0.185 e. The molecule has 3 aromatic carbocycles. The predicted octanol–water partition coefficient (Wildman–Crippen LogP) is 5.18. The molecule has 1 aromatic heterocycles. The maximum atomic E-state index is 11.9. The molecular formula is C26H22N4O2. The molecule has 32 heavy (non-hydrogen) atoms. The van der Waals surface area contributed by atoms with Crippen molar-refractivity contribution < 1.29 is 9.53 Å². The zero-order valence-corrected chi connectivity index (χ0v) is 17.4. The Morgan fingerprint density at radius 2 is 1.75 bits per heavy atom. The number of ether oxygens (including phenoxy) is 1. The number of nitrogens with zero attached hydrogens (tertiary/aromatic N) is 3. The van der Waals surface area contributed by atoms with Crippen LogP contribution in [0.1, 0.15) is 15.9 Å². The van der Waals surface area contributed by atoms with E-state index in [1.165, 1.54) is 12.4 Å². The lowest BCUT2D eigenvalue weighted by molar-refractivity contribution is 0.104. The molecule has 0 saturated carbocycles. The molecule has 4 aromatic rings. The Labute approximate surface area is 186 Å². The zero-order valence-electron chi connectivity index (χ0n) is 17.4. The Morgan fingerprint density at radius 1 is 1.00 bits per heavy atom. The fraction of sp³-hybridized carbons (Fsp3) is 0.0385. The number of anilines is 1. The highest BCUT2D eigenvalue weighted by Crippen LogP contribution is 2.30. The van der Waals surface area contributed by atoms with Crippen LogP contribution in [0.5, 0.6) is 11.5 Å². The van der Waals surface area contributed by atoms with Crippen LogP contribution in [0, 0.1) is 0 Å². The van der Waals surface area contributed by atoms with Gasteiger partial charge in [-0.05, 0) is 47.5 Å². The van der Waals surface area contributed by atoms with Gasteiger partial charge in [0.15, 0.2) is 11.6 Å². The summed E-state index contributed by atoms with van der Waals surface area (Å²) in [6.45, 7) is 3.91. The SMILES string of the molecule is C=CC(=O)c1cccc(CN(N)c2ncncc2-c2ccc(Oc3ccccc3)cc2)c1. The molecule has 0 aliphatic heterocycles. The van der Waals surface area contributed by atoms with E-state index in [2.05, 4.69) is 16.5 Å². The molecule has 0 radical (unpaired) electrons. The van der Waals surface area contributed by atoms with E-state index in [9.17, 15) is 4.79 Å². The predicted molar refractivity (Wildman–Crippen MR) is 125 cm³/mol. The normalized spacial score (nSPS) is 10.4. The zero-order chi connectivity index (χ0) is 22.3. The van der Waals surface area contributed by atoms with Crippen LogP contribution in [-0.4, -0.2) is 15.8 Å². The van der Waals surface area contributed by atoms with Crippen molar-refractivity contribution >= 4 is 11.6 Å². The standard InChI is InChI=1S/C26H22N4O2/c1-2-25(31)21-8-6-7-19(15-21)17-30(27)26-24(16-28-18-29-26)20-11-13-23(14-12-20)32-22-9-4-3-5-10-22/h2-16,18H,1,17,27H2. The van der Waals surface area contributed by atoms with E-state index in [0.29, 0.717) is 17.9 Å². The molecule has 0 amide bonds. The highest BCUT2D eigenvalue weighted by atomic mass is 16.5. The molecule has 0 aliphatic carbocycles. The summed E-state index contributed by atoms with van der Waals surface area (Å²) in [6, 6.07) is 24.6. The van der Waals surface area contributed by atoms with Crippen molar-refractivity contribution in [1.29, 1.82) is 0 Å².